The summed E-state index contributed by atoms with van der Waals surface area (Å²) in [5, 5.41) is 0. The summed E-state index contributed by atoms with van der Waals surface area (Å²) >= 11 is 0. The van der Waals surface area contributed by atoms with Gasteiger partial charge >= 0.3 is 8.69 Å². The number of unbranched alkanes of at least 4 members (excludes halogenated alkanes) is 5. The van der Waals surface area contributed by atoms with Crippen molar-refractivity contribution in [3.8, 4) is 0 Å². The fourth-order valence-corrected chi connectivity index (χ4v) is 1.22. The van der Waals surface area contributed by atoms with Gasteiger partial charge < -0.3 is 0 Å². The molecule has 0 saturated heterocycles. The molecule has 0 rings (SSSR count). The van der Waals surface area contributed by atoms with Gasteiger partial charge in [0.1, 0.15) is 6.61 Å². The summed E-state index contributed by atoms with van der Waals surface area (Å²) in [7, 11) is -0.580. The predicted molar refractivity (Wildman–Crippen MR) is 48.3 cm³/mol. The zero-order valence-electron chi connectivity index (χ0n) is 7.27. The average molecular weight is 177 g/mol. The Bertz CT molecular complexity index is 86.2. The van der Waals surface area contributed by atoms with Gasteiger partial charge in [0, 0.05) is 0 Å². The molecule has 0 aromatic rings. The molecule has 0 fully saturated rings. The van der Waals surface area contributed by atoms with Crippen LogP contribution in [0.3, 0.4) is 0 Å². The molecular formula is C8H18O2P+. The molecule has 0 amide bonds. The summed E-state index contributed by atoms with van der Waals surface area (Å²) in [5.41, 5.74) is 0. The maximum Gasteiger partial charge on any atom is 0.494 e. The topological polar surface area (TPSA) is 26.3 Å². The largest absolute Gasteiger partial charge is 0.494 e. The maximum absolute atomic E-state index is 9.87. The summed E-state index contributed by atoms with van der Waals surface area (Å²) in [6.07, 6.45) is 7.52. The van der Waals surface area contributed by atoms with Crippen molar-refractivity contribution in [2.45, 2.75) is 45.4 Å². The fourth-order valence-electron chi connectivity index (χ4n) is 0.996. The second kappa shape index (κ2) is 10.1. The van der Waals surface area contributed by atoms with Gasteiger partial charge in [0.25, 0.3) is 0 Å². The first-order valence-corrected chi connectivity index (χ1v) is 5.22. The summed E-state index contributed by atoms with van der Waals surface area (Å²) in [4.78, 5) is 0. The molecule has 0 N–H and O–H groups in total. The van der Waals surface area contributed by atoms with E-state index in [0.717, 1.165) is 6.42 Å². The molecule has 3 heteroatoms. The van der Waals surface area contributed by atoms with Crippen molar-refractivity contribution >= 4 is 8.69 Å². The quantitative estimate of drug-likeness (QED) is 0.420. The van der Waals surface area contributed by atoms with Crippen molar-refractivity contribution in [2.24, 2.45) is 0 Å². The van der Waals surface area contributed by atoms with E-state index < -0.39 is 8.69 Å². The van der Waals surface area contributed by atoms with Crippen molar-refractivity contribution in [3.05, 3.63) is 0 Å². The molecule has 0 aromatic carbocycles. The third-order valence-corrected chi connectivity index (χ3v) is 1.98. The Morgan fingerprint density at radius 1 is 1.09 bits per heavy atom. The second-order valence-electron chi connectivity index (χ2n) is 2.70. The van der Waals surface area contributed by atoms with Crippen molar-refractivity contribution in [1.82, 2.24) is 0 Å². The summed E-state index contributed by atoms with van der Waals surface area (Å²) in [6, 6.07) is 0. The number of hydrogen-bond acceptors (Lipinski definition) is 2. The average Bonchev–Trinajstić information content (AvgIpc) is 2.03. The van der Waals surface area contributed by atoms with Gasteiger partial charge in [0.2, 0.25) is 0 Å². The number of rotatable bonds is 8. The van der Waals surface area contributed by atoms with Crippen molar-refractivity contribution in [3.63, 3.8) is 0 Å². The van der Waals surface area contributed by atoms with Gasteiger partial charge in [-0.1, -0.05) is 39.0 Å². The van der Waals surface area contributed by atoms with Crippen molar-refractivity contribution < 1.29 is 9.09 Å². The van der Waals surface area contributed by atoms with Gasteiger partial charge in [-0.15, -0.1) is 4.52 Å². The van der Waals surface area contributed by atoms with Gasteiger partial charge in [0.05, 0.1) is 0 Å². The molecule has 0 radical (unpaired) electrons. The summed E-state index contributed by atoms with van der Waals surface area (Å²) in [6.45, 7) is 2.87. The van der Waals surface area contributed by atoms with E-state index in [9.17, 15) is 4.57 Å². The summed E-state index contributed by atoms with van der Waals surface area (Å²) in [5.74, 6) is 0. The molecule has 11 heavy (non-hydrogen) atoms. The van der Waals surface area contributed by atoms with Crippen LogP contribution in [0.5, 0.6) is 0 Å². The molecule has 0 aliphatic carbocycles. The molecule has 1 atom stereocenters. The molecule has 0 aliphatic heterocycles. The SMILES string of the molecule is CCCCCCCCO[PH+]=O. The highest BCUT2D eigenvalue weighted by Crippen LogP contribution is 2.06. The fraction of sp³-hybridized carbons (Fsp3) is 1.00. The Kier molecular flexibility index (Phi) is 10.1. The van der Waals surface area contributed by atoms with Gasteiger partial charge in [-0.3, -0.25) is 0 Å². The van der Waals surface area contributed by atoms with E-state index >= 15 is 0 Å². The van der Waals surface area contributed by atoms with E-state index in [0.29, 0.717) is 6.61 Å². The molecule has 0 saturated carbocycles. The molecule has 0 aromatic heterocycles. The van der Waals surface area contributed by atoms with Crippen LogP contribution in [0.1, 0.15) is 45.4 Å². The first kappa shape index (κ1) is 11.1. The predicted octanol–water partition coefficient (Wildman–Crippen LogP) is 3.30. The smallest absolute Gasteiger partial charge is 0.148 e. The van der Waals surface area contributed by atoms with E-state index in [1.165, 1.54) is 32.1 Å². The Labute approximate surface area is 70.6 Å². The van der Waals surface area contributed by atoms with E-state index in [2.05, 4.69) is 6.92 Å². The molecule has 0 aliphatic rings. The zero-order valence-corrected chi connectivity index (χ0v) is 8.27. The highest BCUT2D eigenvalue weighted by molar-refractivity contribution is 7.17. The molecule has 0 heterocycles. The Morgan fingerprint density at radius 3 is 2.36 bits per heavy atom. The molecule has 1 unspecified atom stereocenters. The highest BCUT2D eigenvalue weighted by atomic mass is 31.1. The van der Waals surface area contributed by atoms with Crippen molar-refractivity contribution in [2.75, 3.05) is 6.61 Å². The van der Waals surface area contributed by atoms with Crippen LogP contribution >= 0.6 is 8.69 Å². The number of hydrogen-bond donors (Lipinski definition) is 0. The molecular weight excluding hydrogens is 159 g/mol. The van der Waals surface area contributed by atoms with Crippen LogP contribution in [0, 0.1) is 0 Å². The highest BCUT2D eigenvalue weighted by Gasteiger charge is 1.92. The van der Waals surface area contributed by atoms with Gasteiger partial charge in [0.15, 0.2) is 0 Å². The van der Waals surface area contributed by atoms with E-state index in [1.54, 1.807) is 0 Å². The lowest BCUT2D eigenvalue weighted by Gasteiger charge is -1.96. The minimum absolute atomic E-state index is 0.580. The van der Waals surface area contributed by atoms with Crippen LogP contribution in [0.2, 0.25) is 0 Å². The normalized spacial score (nSPS) is 10.6. The van der Waals surface area contributed by atoms with E-state index in [-0.39, 0.29) is 0 Å². The van der Waals surface area contributed by atoms with Crippen LogP contribution < -0.4 is 0 Å². The molecule has 2 nitrogen and oxygen atoms in total. The van der Waals surface area contributed by atoms with Gasteiger partial charge in [-0.25, -0.2) is 0 Å². The zero-order chi connectivity index (χ0) is 8.36. The summed E-state index contributed by atoms with van der Waals surface area (Å²) < 4.78 is 14.6. The van der Waals surface area contributed by atoms with Gasteiger partial charge in [-0.05, 0) is 11.0 Å². The minimum atomic E-state index is -0.580. The molecule has 0 bridgehead atoms. The Balaban J connectivity index is 2.74. The molecule has 0 spiro atoms. The first-order chi connectivity index (χ1) is 5.41. The lowest BCUT2D eigenvalue weighted by atomic mass is 10.1. The van der Waals surface area contributed by atoms with E-state index in [4.69, 9.17) is 4.52 Å². The first-order valence-electron chi connectivity index (χ1n) is 4.40. The minimum Gasteiger partial charge on any atom is -0.148 e. The van der Waals surface area contributed by atoms with E-state index in [1.807, 2.05) is 0 Å². The van der Waals surface area contributed by atoms with Gasteiger partial charge in [-0.2, -0.15) is 0 Å². The Hall–Kier alpha value is 0.0600. The Morgan fingerprint density at radius 2 is 1.73 bits per heavy atom. The maximum atomic E-state index is 9.87. The van der Waals surface area contributed by atoms with Crippen LogP contribution in [0.25, 0.3) is 0 Å². The van der Waals surface area contributed by atoms with Crippen LogP contribution in [-0.2, 0) is 9.09 Å². The van der Waals surface area contributed by atoms with Crippen LogP contribution in [0.4, 0.5) is 0 Å². The third-order valence-electron chi connectivity index (χ3n) is 1.66. The van der Waals surface area contributed by atoms with Crippen LogP contribution in [0.15, 0.2) is 0 Å². The van der Waals surface area contributed by atoms with Crippen molar-refractivity contribution in [1.29, 1.82) is 0 Å². The lowest BCUT2D eigenvalue weighted by molar-refractivity contribution is 0.328. The van der Waals surface area contributed by atoms with Crippen LogP contribution in [-0.4, -0.2) is 6.61 Å². The standard InChI is InChI=1S/C8H18O2P/c1-2-3-4-5-6-7-8-10-11-9/h11H,2-8H2,1H3/q+1. The monoisotopic (exact) mass is 177 g/mol. The third kappa shape index (κ3) is 10.1. The molecule has 66 valence electrons. The lowest BCUT2D eigenvalue weighted by Crippen LogP contribution is -1.84. The second-order valence-corrected chi connectivity index (χ2v) is 3.15.